The van der Waals surface area contributed by atoms with Gasteiger partial charge in [-0.25, -0.2) is 0 Å². The van der Waals surface area contributed by atoms with Crippen LogP contribution in [-0.4, -0.2) is 41.7 Å². The number of hydrogen-bond donors (Lipinski definition) is 1. The number of benzene rings is 2. The van der Waals surface area contributed by atoms with Crippen molar-refractivity contribution >= 4 is 5.91 Å². The van der Waals surface area contributed by atoms with E-state index in [2.05, 4.69) is 0 Å². The van der Waals surface area contributed by atoms with Crippen molar-refractivity contribution in [3.8, 4) is 17.2 Å². The van der Waals surface area contributed by atoms with Crippen LogP contribution in [0, 0.1) is 0 Å². The smallest absolute Gasteiger partial charge is 0.257 e. The first-order chi connectivity index (χ1) is 12.2. The lowest BCUT2D eigenvalue weighted by atomic mass is 10.1. The summed E-state index contributed by atoms with van der Waals surface area (Å²) >= 11 is 0. The molecule has 0 bridgehead atoms. The number of para-hydroxylation sites is 3. The number of phenols is 1. The Morgan fingerprint density at radius 1 is 1.08 bits per heavy atom. The summed E-state index contributed by atoms with van der Waals surface area (Å²) < 4.78 is 11.7. The van der Waals surface area contributed by atoms with Crippen LogP contribution in [0.25, 0.3) is 0 Å². The molecule has 0 radical (unpaired) electrons. The third-order valence-corrected chi connectivity index (χ3v) is 4.31. The first-order valence-corrected chi connectivity index (χ1v) is 8.64. The van der Waals surface area contributed by atoms with Gasteiger partial charge in [-0.15, -0.1) is 0 Å². The molecule has 2 aromatic rings. The largest absolute Gasteiger partial charge is 0.507 e. The highest BCUT2D eigenvalue weighted by molar-refractivity contribution is 5.96. The number of aromatic hydroxyl groups is 1. The molecule has 132 valence electrons. The Morgan fingerprint density at radius 3 is 2.40 bits per heavy atom. The van der Waals surface area contributed by atoms with Crippen molar-refractivity contribution in [1.29, 1.82) is 0 Å². The molecule has 0 aliphatic carbocycles. The van der Waals surface area contributed by atoms with E-state index in [9.17, 15) is 9.90 Å². The summed E-state index contributed by atoms with van der Waals surface area (Å²) in [6.07, 6.45) is 1.55. The Kier molecular flexibility index (Phi) is 5.43. The average Bonchev–Trinajstić information content (AvgIpc) is 2.64. The molecule has 0 aromatic heterocycles. The number of carbonyl (C=O) groups excluding carboxylic acids is 1. The van der Waals surface area contributed by atoms with E-state index in [0.29, 0.717) is 25.3 Å². The molecule has 1 N–H and O–H groups in total. The van der Waals surface area contributed by atoms with E-state index in [4.69, 9.17) is 9.47 Å². The molecule has 0 saturated carbocycles. The molecule has 0 atom stereocenters. The predicted molar refractivity (Wildman–Crippen MR) is 95.3 cm³/mol. The van der Waals surface area contributed by atoms with Crippen molar-refractivity contribution in [2.24, 2.45) is 0 Å². The maximum atomic E-state index is 12.5. The van der Waals surface area contributed by atoms with Crippen LogP contribution in [0.4, 0.5) is 0 Å². The van der Waals surface area contributed by atoms with E-state index < -0.39 is 0 Å². The number of nitrogens with zero attached hydrogens (tertiary/aromatic N) is 1. The molecule has 5 heteroatoms. The van der Waals surface area contributed by atoms with Gasteiger partial charge < -0.3 is 19.5 Å². The molecule has 0 spiro atoms. The molecular formula is C20H23NO4. The lowest BCUT2D eigenvalue weighted by molar-refractivity contribution is 0.0587. The Hall–Kier alpha value is -2.69. The van der Waals surface area contributed by atoms with Gasteiger partial charge in [-0.2, -0.15) is 0 Å². The first-order valence-electron chi connectivity index (χ1n) is 8.64. The van der Waals surface area contributed by atoms with Crippen LogP contribution in [0.15, 0.2) is 48.5 Å². The first kappa shape index (κ1) is 17.1. The average molecular weight is 341 g/mol. The number of rotatable bonds is 5. The zero-order valence-corrected chi connectivity index (χ0v) is 14.4. The highest BCUT2D eigenvalue weighted by Gasteiger charge is 2.26. The third-order valence-electron chi connectivity index (χ3n) is 4.31. The van der Waals surface area contributed by atoms with E-state index in [1.807, 2.05) is 31.2 Å². The van der Waals surface area contributed by atoms with Gasteiger partial charge in [-0.1, -0.05) is 24.3 Å². The third kappa shape index (κ3) is 4.05. The minimum Gasteiger partial charge on any atom is -0.507 e. The van der Waals surface area contributed by atoms with Gasteiger partial charge in [0, 0.05) is 25.9 Å². The fourth-order valence-corrected chi connectivity index (χ4v) is 3.00. The summed E-state index contributed by atoms with van der Waals surface area (Å²) in [5, 5.41) is 9.85. The predicted octanol–water partition coefficient (Wildman–Crippen LogP) is 3.47. The Morgan fingerprint density at radius 2 is 1.72 bits per heavy atom. The van der Waals surface area contributed by atoms with Crippen LogP contribution < -0.4 is 9.47 Å². The van der Waals surface area contributed by atoms with Crippen molar-refractivity contribution in [2.45, 2.75) is 25.9 Å². The van der Waals surface area contributed by atoms with Crippen molar-refractivity contribution < 1.29 is 19.4 Å². The molecule has 2 aromatic carbocycles. The molecule has 1 heterocycles. The van der Waals surface area contributed by atoms with Gasteiger partial charge in [0.1, 0.15) is 11.9 Å². The lowest BCUT2D eigenvalue weighted by Crippen LogP contribution is -2.41. The summed E-state index contributed by atoms with van der Waals surface area (Å²) in [6.45, 7) is 3.75. The Balaban J connectivity index is 1.59. The summed E-state index contributed by atoms with van der Waals surface area (Å²) in [6, 6.07) is 14.3. The van der Waals surface area contributed by atoms with Gasteiger partial charge in [0.2, 0.25) is 0 Å². The van der Waals surface area contributed by atoms with Crippen LogP contribution in [0.1, 0.15) is 30.1 Å². The topological polar surface area (TPSA) is 59.0 Å². The normalized spacial score (nSPS) is 15.0. The number of likely N-dealkylation sites (tertiary alicyclic amines) is 1. The molecule has 1 fully saturated rings. The zero-order chi connectivity index (χ0) is 17.6. The van der Waals surface area contributed by atoms with Crippen LogP contribution in [0.3, 0.4) is 0 Å². The minimum atomic E-state index is -0.133. The standard InChI is InChI=1S/C20H23NO4/c1-2-24-18-9-5-6-10-19(18)25-15-11-13-21(14-12-15)20(23)16-7-3-4-8-17(16)22/h3-10,15,22H,2,11-14H2,1H3. The van der Waals surface area contributed by atoms with Crippen LogP contribution >= 0.6 is 0 Å². The van der Waals surface area contributed by atoms with E-state index in [1.165, 1.54) is 6.07 Å². The van der Waals surface area contributed by atoms with Crippen molar-refractivity contribution in [2.75, 3.05) is 19.7 Å². The Bertz CT molecular complexity index is 723. The molecule has 5 nitrogen and oxygen atoms in total. The van der Waals surface area contributed by atoms with Crippen molar-refractivity contribution in [3.63, 3.8) is 0 Å². The molecule has 0 unspecified atom stereocenters. The second kappa shape index (κ2) is 7.92. The summed E-state index contributed by atoms with van der Waals surface area (Å²) in [5.41, 5.74) is 0.351. The van der Waals surface area contributed by atoms with Gasteiger partial charge in [0.25, 0.3) is 5.91 Å². The van der Waals surface area contributed by atoms with Gasteiger partial charge in [0.15, 0.2) is 11.5 Å². The minimum absolute atomic E-state index is 0.0246. The van der Waals surface area contributed by atoms with E-state index in [-0.39, 0.29) is 17.8 Å². The molecule has 25 heavy (non-hydrogen) atoms. The molecule has 1 amide bonds. The lowest BCUT2D eigenvalue weighted by Gasteiger charge is -2.32. The maximum Gasteiger partial charge on any atom is 0.257 e. The number of amides is 1. The summed E-state index contributed by atoms with van der Waals surface area (Å²) in [7, 11) is 0. The van der Waals surface area contributed by atoms with Gasteiger partial charge in [0.05, 0.1) is 12.2 Å². The van der Waals surface area contributed by atoms with E-state index in [1.54, 1.807) is 23.1 Å². The maximum absolute atomic E-state index is 12.5. The molecular weight excluding hydrogens is 318 g/mol. The Labute approximate surface area is 147 Å². The SMILES string of the molecule is CCOc1ccccc1OC1CCN(C(=O)c2ccccc2O)CC1. The second-order valence-electron chi connectivity index (χ2n) is 6.01. The van der Waals surface area contributed by atoms with Crippen LogP contribution in [0.2, 0.25) is 0 Å². The number of piperidine rings is 1. The number of phenolic OH excluding ortho intramolecular Hbond substituents is 1. The molecule has 1 aliphatic rings. The van der Waals surface area contributed by atoms with Gasteiger partial charge in [-0.3, -0.25) is 4.79 Å². The number of hydrogen-bond acceptors (Lipinski definition) is 4. The van der Waals surface area contributed by atoms with Gasteiger partial charge in [-0.05, 0) is 31.2 Å². The fraction of sp³-hybridized carbons (Fsp3) is 0.350. The number of carbonyl (C=O) groups is 1. The van der Waals surface area contributed by atoms with Crippen molar-refractivity contribution in [3.05, 3.63) is 54.1 Å². The zero-order valence-electron chi connectivity index (χ0n) is 14.4. The quantitative estimate of drug-likeness (QED) is 0.905. The van der Waals surface area contributed by atoms with Crippen LogP contribution in [0.5, 0.6) is 17.2 Å². The molecule has 1 aliphatic heterocycles. The fourth-order valence-electron chi connectivity index (χ4n) is 3.00. The summed E-state index contributed by atoms with van der Waals surface area (Å²) in [5.74, 6) is 1.38. The second-order valence-corrected chi connectivity index (χ2v) is 6.01. The van der Waals surface area contributed by atoms with Gasteiger partial charge >= 0.3 is 0 Å². The number of ether oxygens (including phenoxy) is 2. The highest BCUT2D eigenvalue weighted by atomic mass is 16.5. The van der Waals surface area contributed by atoms with E-state index in [0.717, 1.165) is 24.3 Å². The van der Waals surface area contributed by atoms with Crippen molar-refractivity contribution in [1.82, 2.24) is 4.90 Å². The molecule has 1 saturated heterocycles. The molecule has 3 rings (SSSR count). The highest BCUT2D eigenvalue weighted by Crippen LogP contribution is 2.30. The monoisotopic (exact) mass is 341 g/mol. The summed E-state index contributed by atoms with van der Waals surface area (Å²) in [4.78, 5) is 14.3. The van der Waals surface area contributed by atoms with E-state index >= 15 is 0 Å². The van der Waals surface area contributed by atoms with Crippen LogP contribution in [-0.2, 0) is 0 Å².